The summed E-state index contributed by atoms with van der Waals surface area (Å²) in [6, 6.07) is 0. The van der Waals surface area contributed by atoms with Gasteiger partial charge in [0.05, 0.1) is 13.2 Å². The lowest BCUT2D eigenvalue weighted by Gasteiger charge is -2.17. The summed E-state index contributed by atoms with van der Waals surface area (Å²) in [5, 5.41) is 0. The Labute approximate surface area is 50.3 Å². The van der Waals surface area contributed by atoms with Crippen LogP contribution in [0.15, 0.2) is 11.6 Å². The van der Waals surface area contributed by atoms with Crippen LogP contribution in [-0.2, 0) is 4.74 Å². The quantitative estimate of drug-likeness (QED) is 0.468. The molecule has 0 N–H and O–H groups in total. The maximum Gasteiger partial charge on any atom is 0.0703 e. The summed E-state index contributed by atoms with van der Waals surface area (Å²) < 4.78 is 4.97. The van der Waals surface area contributed by atoms with Gasteiger partial charge >= 0.3 is 0 Å². The third kappa shape index (κ3) is 1.34. The predicted octanol–water partition coefficient (Wildman–Crippen LogP) is 1.60. The molecule has 1 heteroatoms. The molecular formula is C7H12O. The second kappa shape index (κ2) is 2.31. The summed E-state index contributed by atoms with van der Waals surface area (Å²) >= 11 is 0. The molecule has 46 valence electrons. The molecule has 0 aromatic carbocycles. The number of rotatable bonds is 1. The van der Waals surface area contributed by atoms with Gasteiger partial charge in [0.1, 0.15) is 0 Å². The van der Waals surface area contributed by atoms with Crippen molar-refractivity contribution in [3.8, 4) is 0 Å². The molecule has 8 heavy (non-hydrogen) atoms. The molecule has 1 nitrogen and oxygen atoms in total. The highest BCUT2D eigenvalue weighted by molar-refractivity contribution is 5.09. The molecule has 1 saturated heterocycles. The van der Waals surface area contributed by atoms with E-state index in [9.17, 15) is 0 Å². The van der Waals surface area contributed by atoms with Gasteiger partial charge in [-0.25, -0.2) is 0 Å². The highest BCUT2D eigenvalue weighted by atomic mass is 16.5. The minimum absolute atomic E-state index is 0.689. The fourth-order valence-electron chi connectivity index (χ4n) is 0.788. The second-order valence-corrected chi connectivity index (χ2v) is 2.56. The topological polar surface area (TPSA) is 9.23 Å². The van der Waals surface area contributed by atoms with E-state index in [-0.39, 0.29) is 0 Å². The Bertz CT molecular complexity index is 97.0. The van der Waals surface area contributed by atoms with E-state index in [4.69, 9.17) is 4.74 Å². The maximum absolute atomic E-state index is 4.97. The largest absolute Gasteiger partial charge is 0.373 e. The minimum atomic E-state index is 0.689. The van der Waals surface area contributed by atoms with E-state index in [0.717, 1.165) is 13.2 Å². The van der Waals surface area contributed by atoms with Crippen LogP contribution in [0.2, 0.25) is 0 Å². The van der Waals surface area contributed by atoms with Crippen LogP contribution < -0.4 is 0 Å². The SMILES string of the molecule is CC(C)C=C1COC1. The lowest BCUT2D eigenvalue weighted by Crippen LogP contribution is -2.16. The van der Waals surface area contributed by atoms with Crippen LogP contribution in [0.1, 0.15) is 13.8 Å². The van der Waals surface area contributed by atoms with Crippen LogP contribution >= 0.6 is 0 Å². The Balaban J connectivity index is 2.30. The van der Waals surface area contributed by atoms with E-state index < -0.39 is 0 Å². The molecule has 0 aromatic heterocycles. The van der Waals surface area contributed by atoms with Crippen molar-refractivity contribution in [3.63, 3.8) is 0 Å². The van der Waals surface area contributed by atoms with Gasteiger partial charge in [0.15, 0.2) is 0 Å². The van der Waals surface area contributed by atoms with E-state index in [1.165, 1.54) is 5.57 Å². The van der Waals surface area contributed by atoms with E-state index in [1.54, 1.807) is 0 Å². The average molecular weight is 112 g/mol. The highest BCUT2D eigenvalue weighted by Crippen LogP contribution is 2.10. The summed E-state index contributed by atoms with van der Waals surface area (Å²) in [6.45, 7) is 6.12. The van der Waals surface area contributed by atoms with Crippen molar-refractivity contribution >= 4 is 0 Å². The number of hydrogen-bond donors (Lipinski definition) is 0. The number of hydrogen-bond acceptors (Lipinski definition) is 1. The zero-order chi connectivity index (χ0) is 5.98. The normalized spacial score (nSPS) is 18.6. The van der Waals surface area contributed by atoms with E-state index in [1.807, 2.05) is 0 Å². The number of allylic oxidation sites excluding steroid dienone is 1. The van der Waals surface area contributed by atoms with Crippen molar-refractivity contribution < 1.29 is 4.74 Å². The summed E-state index contributed by atoms with van der Waals surface area (Å²) in [5.74, 6) is 0.689. The third-order valence-electron chi connectivity index (χ3n) is 1.14. The molecule has 1 heterocycles. The lowest BCUT2D eigenvalue weighted by molar-refractivity contribution is 0.102. The predicted molar refractivity (Wildman–Crippen MR) is 33.7 cm³/mol. The van der Waals surface area contributed by atoms with Crippen LogP contribution in [-0.4, -0.2) is 13.2 Å². The van der Waals surface area contributed by atoms with Gasteiger partial charge in [-0.05, 0) is 11.5 Å². The molecule has 1 rings (SSSR count). The Morgan fingerprint density at radius 1 is 1.50 bits per heavy atom. The molecule has 0 aliphatic carbocycles. The first-order valence-corrected chi connectivity index (χ1v) is 3.06. The molecule has 0 amide bonds. The molecule has 0 radical (unpaired) electrons. The molecule has 0 saturated carbocycles. The minimum Gasteiger partial charge on any atom is -0.373 e. The third-order valence-corrected chi connectivity index (χ3v) is 1.14. The fourth-order valence-corrected chi connectivity index (χ4v) is 0.788. The van der Waals surface area contributed by atoms with Crippen molar-refractivity contribution in [2.24, 2.45) is 5.92 Å². The van der Waals surface area contributed by atoms with Crippen LogP contribution in [0, 0.1) is 5.92 Å². The average Bonchev–Trinajstić information content (AvgIpc) is 1.55. The van der Waals surface area contributed by atoms with E-state index in [2.05, 4.69) is 19.9 Å². The molecule has 1 aliphatic rings. The monoisotopic (exact) mass is 112 g/mol. The van der Waals surface area contributed by atoms with Gasteiger partial charge < -0.3 is 4.74 Å². The first-order valence-electron chi connectivity index (χ1n) is 3.06. The van der Waals surface area contributed by atoms with Crippen molar-refractivity contribution in [1.82, 2.24) is 0 Å². The van der Waals surface area contributed by atoms with Gasteiger partial charge in [-0.1, -0.05) is 19.9 Å². The van der Waals surface area contributed by atoms with Crippen molar-refractivity contribution in [2.45, 2.75) is 13.8 Å². The molecule has 1 aliphatic heterocycles. The highest BCUT2D eigenvalue weighted by Gasteiger charge is 2.07. The van der Waals surface area contributed by atoms with Gasteiger partial charge in [-0.15, -0.1) is 0 Å². The Hall–Kier alpha value is -0.300. The summed E-state index contributed by atoms with van der Waals surface area (Å²) in [4.78, 5) is 0. The fraction of sp³-hybridized carbons (Fsp3) is 0.714. The summed E-state index contributed by atoms with van der Waals surface area (Å²) in [6.07, 6.45) is 2.27. The second-order valence-electron chi connectivity index (χ2n) is 2.56. The van der Waals surface area contributed by atoms with Crippen molar-refractivity contribution in [1.29, 1.82) is 0 Å². The molecule has 0 spiro atoms. The van der Waals surface area contributed by atoms with Crippen LogP contribution in [0.4, 0.5) is 0 Å². The van der Waals surface area contributed by atoms with Gasteiger partial charge in [0, 0.05) is 0 Å². The molecular weight excluding hydrogens is 100 g/mol. The zero-order valence-corrected chi connectivity index (χ0v) is 5.48. The zero-order valence-electron chi connectivity index (χ0n) is 5.48. The molecule has 0 unspecified atom stereocenters. The van der Waals surface area contributed by atoms with E-state index >= 15 is 0 Å². The molecule has 0 bridgehead atoms. The van der Waals surface area contributed by atoms with Crippen molar-refractivity contribution in [3.05, 3.63) is 11.6 Å². The Morgan fingerprint density at radius 3 is 2.25 bits per heavy atom. The van der Waals surface area contributed by atoms with Crippen LogP contribution in [0.5, 0.6) is 0 Å². The van der Waals surface area contributed by atoms with Gasteiger partial charge in [-0.2, -0.15) is 0 Å². The standard InChI is InChI=1S/C7H12O/c1-6(2)3-7-4-8-5-7/h3,6H,4-5H2,1-2H3. The Morgan fingerprint density at radius 2 is 2.12 bits per heavy atom. The molecule has 1 fully saturated rings. The molecule has 0 atom stereocenters. The van der Waals surface area contributed by atoms with Crippen molar-refractivity contribution in [2.75, 3.05) is 13.2 Å². The molecule has 0 aromatic rings. The van der Waals surface area contributed by atoms with Crippen LogP contribution in [0.3, 0.4) is 0 Å². The van der Waals surface area contributed by atoms with Gasteiger partial charge in [-0.3, -0.25) is 0 Å². The lowest BCUT2D eigenvalue weighted by atomic mass is 10.1. The first kappa shape index (κ1) is 5.83. The first-order chi connectivity index (χ1) is 3.79. The maximum atomic E-state index is 4.97. The Kier molecular flexibility index (Phi) is 1.69. The smallest absolute Gasteiger partial charge is 0.0703 e. The summed E-state index contributed by atoms with van der Waals surface area (Å²) in [5.41, 5.74) is 1.46. The van der Waals surface area contributed by atoms with Crippen LogP contribution in [0.25, 0.3) is 0 Å². The van der Waals surface area contributed by atoms with Gasteiger partial charge in [0.2, 0.25) is 0 Å². The number of ether oxygens (including phenoxy) is 1. The van der Waals surface area contributed by atoms with Gasteiger partial charge in [0.25, 0.3) is 0 Å². The van der Waals surface area contributed by atoms with E-state index in [0.29, 0.717) is 5.92 Å². The summed E-state index contributed by atoms with van der Waals surface area (Å²) in [7, 11) is 0.